The largest absolute Gasteiger partial charge is 0.384 e. The van der Waals surface area contributed by atoms with Gasteiger partial charge in [0.05, 0.1) is 23.8 Å². The third kappa shape index (κ3) is 4.10. The van der Waals surface area contributed by atoms with E-state index in [-0.39, 0.29) is 0 Å². The Hall–Kier alpha value is -1.29. The van der Waals surface area contributed by atoms with E-state index in [9.17, 15) is 0 Å². The van der Waals surface area contributed by atoms with Crippen molar-refractivity contribution >= 4 is 11.4 Å². The number of anilines is 2. The molecule has 0 aliphatic carbocycles. The smallest absolute Gasteiger partial charge is 0.0548 e. The highest BCUT2D eigenvalue weighted by Gasteiger charge is 2.22. The number of likely N-dealkylation sites (tertiary alicyclic amines) is 1. The number of likely N-dealkylation sites (N-methyl/N-ethyl adjacent to an activating group) is 1. The van der Waals surface area contributed by atoms with Gasteiger partial charge in [0, 0.05) is 19.1 Å². The van der Waals surface area contributed by atoms with E-state index in [2.05, 4.69) is 40.4 Å². The number of nitrogens with zero attached hydrogens (tertiary/aromatic N) is 2. The number of rotatable bonds is 7. The molecule has 1 atom stereocenters. The molecule has 1 aromatic heterocycles. The van der Waals surface area contributed by atoms with Crippen molar-refractivity contribution in [1.82, 2.24) is 9.88 Å². The van der Waals surface area contributed by atoms with E-state index in [1.54, 1.807) is 0 Å². The molecular formula is C15H26N4. The molecule has 0 aromatic carbocycles. The third-order valence-electron chi connectivity index (χ3n) is 3.76. The van der Waals surface area contributed by atoms with Crippen molar-refractivity contribution in [2.45, 2.75) is 39.2 Å². The molecule has 4 heteroatoms. The van der Waals surface area contributed by atoms with Crippen LogP contribution >= 0.6 is 0 Å². The lowest BCUT2D eigenvalue weighted by Gasteiger charge is -2.23. The van der Waals surface area contributed by atoms with Crippen LogP contribution in [0.3, 0.4) is 0 Å². The van der Waals surface area contributed by atoms with Gasteiger partial charge in [-0.05, 0) is 38.4 Å². The SMILES string of the molecule is CCCNc1cncc(NCC2CCCN2CC)c1. The van der Waals surface area contributed by atoms with Gasteiger partial charge in [0.15, 0.2) is 0 Å². The van der Waals surface area contributed by atoms with Crippen LogP contribution in [0.15, 0.2) is 18.5 Å². The molecule has 1 aromatic rings. The Labute approximate surface area is 116 Å². The van der Waals surface area contributed by atoms with Crippen LogP contribution in [0.4, 0.5) is 11.4 Å². The molecule has 1 saturated heterocycles. The van der Waals surface area contributed by atoms with Gasteiger partial charge in [-0.3, -0.25) is 9.88 Å². The van der Waals surface area contributed by atoms with Crippen LogP contribution in [-0.2, 0) is 0 Å². The summed E-state index contributed by atoms with van der Waals surface area (Å²) in [6.07, 6.45) is 7.56. The van der Waals surface area contributed by atoms with Crippen LogP contribution in [0.2, 0.25) is 0 Å². The first-order chi connectivity index (χ1) is 9.33. The third-order valence-corrected chi connectivity index (χ3v) is 3.76. The fourth-order valence-corrected chi connectivity index (χ4v) is 2.68. The zero-order chi connectivity index (χ0) is 13.5. The number of aromatic nitrogens is 1. The van der Waals surface area contributed by atoms with Crippen molar-refractivity contribution in [2.75, 3.05) is 36.8 Å². The summed E-state index contributed by atoms with van der Waals surface area (Å²) < 4.78 is 0. The highest BCUT2D eigenvalue weighted by Crippen LogP contribution is 2.18. The minimum atomic E-state index is 0.678. The number of nitrogens with one attached hydrogen (secondary N) is 2. The zero-order valence-corrected chi connectivity index (χ0v) is 12.2. The lowest BCUT2D eigenvalue weighted by atomic mass is 10.2. The summed E-state index contributed by atoms with van der Waals surface area (Å²) in [6.45, 7) is 8.84. The summed E-state index contributed by atoms with van der Waals surface area (Å²) in [7, 11) is 0. The molecule has 0 amide bonds. The molecule has 2 heterocycles. The second-order valence-corrected chi connectivity index (χ2v) is 5.19. The average molecular weight is 262 g/mol. The maximum absolute atomic E-state index is 4.28. The predicted octanol–water partition coefficient (Wildman–Crippen LogP) is 2.80. The maximum atomic E-state index is 4.28. The maximum Gasteiger partial charge on any atom is 0.0548 e. The van der Waals surface area contributed by atoms with Gasteiger partial charge in [-0.25, -0.2) is 0 Å². The fourth-order valence-electron chi connectivity index (χ4n) is 2.68. The molecule has 1 fully saturated rings. The van der Waals surface area contributed by atoms with Crippen LogP contribution < -0.4 is 10.6 Å². The van der Waals surface area contributed by atoms with Gasteiger partial charge in [-0.2, -0.15) is 0 Å². The molecule has 1 aliphatic heterocycles. The van der Waals surface area contributed by atoms with E-state index >= 15 is 0 Å². The minimum absolute atomic E-state index is 0.678. The summed E-state index contributed by atoms with van der Waals surface area (Å²) in [5.41, 5.74) is 2.22. The van der Waals surface area contributed by atoms with E-state index in [0.717, 1.165) is 37.4 Å². The summed E-state index contributed by atoms with van der Waals surface area (Å²) in [4.78, 5) is 6.84. The van der Waals surface area contributed by atoms with Gasteiger partial charge >= 0.3 is 0 Å². The van der Waals surface area contributed by atoms with Gasteiger partial charge in [-0.1, -0.05) is 13.8 Å². The molecule has 0 spiro atoms. The molecule has 106 valence electrons. The summed E-state index contributed by atoms with van der Waals surface area (Å²) in [5, 5.41) is 6.89. The second-order valence-electron chi connectivity index (χ2n) is 5.19. The average Bonchev–Trinajstić information content (AvgIpc) is 2.91. The van der Waals surface area contributed by atoms with Crippen molar-refractivity contribution in [3.8, 4) is 0 Å². The summed E-state index contributed by atoms with van der Waals surface area (Å²) in [6, 6.07) is 2.82. The molecule has 2 rings (SSSR count). The quantitative estimate of drug-likeness (QED) is 0.793. The second kappa shape index (κ2) is 7.34. The normalized spacial score (nSPS) is 19.6. The van der Waals surface area contributed by atoms with Crippen LogP contribution in [0.5, 0.6) is 0 Å². The van der Waals surface area contributed by atoms with E-state index in [0.29, 0.717) is 6.04 Å². The minimum Gasteiger partial charge on any atom is -0.384 e. The van der Waals surface area contributed by atoms with Crippen LogP contribution in [0.1, 0.15) is 33.1 Å². The first-order valence-electron chi connectivity index (χ1n) is 7.50. The van der Waals surface area contributed by atoms with Gasteiger partial charge in [0.25, 0.3) is 0 Å². The van der Waals surface area contributed by atoms with Crippen molar-refractivity contribution in [1.29, 1.82) is 0 Å². The number of hydrogen-bond donors (Lipinski definition) is 2. The van der Waals surface area contributed by atoms with Crippen LogP contribution in [0.25, 0.3) is 0 Å². The van der Waals surface area contributed by atoms with Crippen molar-refractivity contribution < 1.29 is 0 Å². The summed E-state index contributed by atoms with van der Waals surface area (Å²) in [5.74, 6) is 0. The highest BCUT2D eigenvalue weighted by molar-refractivity contribution is 5.53. The van der Waals surface area contributed by atoms with Gasteiger partial charge < -0.3 is 10.6 Å². The Balaban J connectivity index is 1.85. The van der Waals surface area contributed by atoms with Crippen molar-refractivity contribution in [2.24, 2.45) is 0 Å². The van der Waals surface area contributed by atoms with Gasteiger partial charge in [0.2, 0.25) is 0 Å². The standard InChI is InChI=1S/C15H26N4/c1-3-7-17-13-9-14(11-16-10-13)18-12-15-6-5-8-19(15)4-2/h9-11,15,17-18H,3-8,12H2,1-2H3. The molecule has 1 unspecified atom stereocenters. The molecular weight excluding hydrogens is 236 g/mol. The van der Waals surface area contributed by atoms with Gasteiger partial charge in [0.1, 0.15) is 0 Å². The van der Waals surface area contributed by atoms with Crippen molar-refractivity contribution in [3.05, 3.63) is 18.5 Å². The predicted molar refractivity (Wildman–Crippen MR) is 81.8 cm³/mol. The first-order valence-corrected chi connectivity index (χ1v) is 7.50. The first kappa shape index (κ1) is 14.1. The topological polar surface area (TPSA) is 40.2 Å². The van der Waals surface area contributed by atoms with Crippen LogP contribution in [-0.4, -0.2) is 42.1 Å². The molecule has 4 nitrogen and oxygen atoms in total. The van der Waals surface area contributed by atoms with Gasteiger partial charge in [-0.15, -0.1) is 0 Å². The Morgan fingerprint density at radius 1 is 1.26 bits per heavy atom. The number of pyridine rings is 1. The monoisotopic (exact) mass is 262 g/mol. The van der Waals surface area contributed by atoms with E-state index in [1.165, 1.54) is 19.4 Å². The summed E-state index contributed by atoms with van der Waals surface area (Å²) >= 11 is 0. The molecule has 1 aliphatic rings. The Kier molecular flexibility index (Phi) is 5.45. The molecule has 0 bridgehead atoms. The Bertz CT molecular complexity index is 380. The lowest BCUT2D eigenvalue weighted by Crippen LogP contribution is -2.34. The zero-order valence-electron chi connectivity index (χ0n) is 12.2. The van der Waals surface area contributed by atoms with Crippen LogP contribution in [0, 0.1) is 0 Å². The molecule has 2 N–H and O–H groups in total. The fraction of sp³-hybridized carbons (Fsp3) is 0.667. The molecule has 0 saturated carbocycles. The molecule has 0 radical (unpaired) electrons. The Morgan fingerprint density at radius 2 is 2.05 bits per heavy atom. The van der Waals surface area contributed by atoms with E-state index in [1.807, 2.05) is 12.4 Å². The lowest BCUT2D eigenvalue weighted by molar-refractivity contribution is 0.277. The Morgan fingerprint density at radius 3 is 2.79 bits per heavy atom. The number of hydrogen-bond acceptors (Lipinski definition) is 4. The van der Waals surface area contributed by atoms with Crippen molar-refractivity contribution in [3.63, 3.8) is 0 Å². The molecule has 19 heavy (non-hydrogen) atoms. The highest BCUT2D eigenvalue weighted by atomic mass is 15.2. The van der Waals surface area contributed by atoms with E-state index in [4.69, 9.17) is 0 Å². The van der Waals surface area contributed by atoms with E-state index < -0.39 is 0 Å².